The Kier molecular flexibility index (Phi) is 12.4. The van der Waals surface area contributed by atoms with E-state index in [4.69, 9.17) is 18.0 Å². The SMILES string of the molecule is C=C(CNC(=S)C(C)Cc1ccccc1)NC(CCCCN)C(=C)NCC1CCCCC1. The summed E-state index contributed by atoms with van der Waals surface area (Å²) < 4.78 is 0. The number of nitrogens with one attached hydrogen (secondary N) is 3. The van der Waals surface area contributed by atoms with E-state index in [1.165, 1.54) is 37.7 Å². The quantitative estimate of drug-likeness (QED) is 0.219. The van der Waals surface area contributed by atoms with Gasteiger partial charge in [-0.05, 0) is 56.6 Å². The van der Waals surface area contributed by atoms with Gasteiger partial charge in [-0.15, -0.1) is 0 Å². The maximum atomic E-state index is 5.71. The molecule has 4 nitrogen and oxygen atoms in total. The predicted octanol–water partition coefficient (Wildman–Crippen LogP) is 5.07. The molecule has 5 heteroatoms. The van der Waals surface area contributed by atoms with Gasteiger partial charge in [0.05, 0.1) is 17.6 Å². The van der Waals surface area contributed by atoms with E-state index in [1.54, 1.807) is 0 Å². The molecule has 1 saturated carbocycles. The summed E-state index contributed by atoms with van der Waals surface area (Å²) in [6.07, 6.45) is 10.8. The van der Waals surface area contributed by atoms with Crippen molar-refractivity contribution in [2.24, 2.45) is 17.6 Å². The molecular formula is C27H44N4S. The Morgan fingerprint density at radius 1 is 1.09 bits per heavy atom. The highest BCUT2D eigenvalue weighted by atomic mass is 32.1. The Hall–Kier alpha value is -1.85. The van der Waals surface area contributed by atoms with Crippen molar-refractivity contribution in [3.8, 4) is 0 Å². The summed E-state index contributed by atoms with van der Waals surface area (Å²) in [5.41, 5.74) is 9.03. The molecule has 0 saturated heterocycles. The van der Waals surface area contributed by atoms with Crippen molar-refractivity contribution >= 4 is 17.2 Å². The Balaban J connectivity index is 1.78. The third kappa shape index (κ3) is 10.2. The molecule has 0 radical (unpaired) electrons. The minimum atomic E-state index is 0.162. The van der Waals surface area contributed by atoms with Gasteiger partial charge in [0.25, 0.3) is 0 Å². The van der Waals surface area contributed by atoms with E-state index < -0.39 is 0 Å². The second-order valence-electron chi connectivity index (χ2n) is 9.30. The van der Waals surface area contributed by atoms with Gasteiger partial charge in [-0.25, -0.2) is 0 Å². The van der Waals surface area contributed by atoms with Gasteiger partial charge in [0.2, 0.25) is 0 Å². The van der Waals surface area contributed by atoms with Crippen LogP contribution in [0.2, 0.25) is 0 Å². The zero-order valence-electron chi connectivity index (χ0n) is 20.0. The first-order valence-electron chi connectivity index (χ1n) is 12.4. The number of unbranched alkanes of at least 4 members (excludes halogenated alkanes) is 1. The van der Waals surface area contributed by atoms with E-state index in [-0.39, 0.29) is 12.0 Å². The maximum Gasteiger partial charge on any atom is 0.0788 e. The van der Waals surface area contributed by atoms with Gasteiger partial charge in [-0.2, -0.15) is 0 Å². The van der Waals surface area contributed by atoms with E-state index in [0.717, 1.165) is 61.1 Å². The fourth-order valence-electron chi connectivity index (χ4n) is 4.34. The summed E-state index contributed by atoms with van der Waals surface area (Å²) >= 11 is 5.64. The van der Waals surface area contributed by atoms with Gasteiger partial charge >= 0.3 is 0 Å². The lowest BCUT2D eigenvalue weighted by Gasteiger charge is -2.28. The molecule has 0 spiro atoms. The first kappa shape index (κ1) is 26.4. The van der Waals surface area contributed by atoms with Gasteiger partial charge in [-0.1, -0.05) is 81.9 Å². The zero-order valence-corrected chi connectivity index (χ0v) is 20.8. The predicted molar refractivity (Wildman–Crippen MR) is 143 cm³/mol. The van der Waals surface area contributed by atoms with Crippen LogP contribution in [0.3, 0.4) is 0 Å². The number of hydrogen-bond acceptors (Lipinski definition) is 4. The van der Waals surface area contributed by atoms with Crippen molar-refractivity contribution in [1.29, 1.82) is 0 Å². The van der Waals surface area contributed by atoms with E-state index in [9.17, 15) is 0 Å². The van der Waals surface area contributed by atoms with E-state index in [2.05, 4.69) is 60.3 Å². The Morgan fingerprint density at radius 3 is 2.50 bits per heavy atom. The summed E-state index contributed by atoms with van der Waals surface area (Å²) in [4.78, 5) is 0.880. The minimum absolute atomic E-state index is 0.162. The lowest BCUT2D eigenvalue weighted by Crippen LogP contribution is -2.40. The summed E-state index contributed by atoms with van der Waals surface area (Å²) in [6, 6.07) is 10.7. The van der Waals surface area contributed by atoms with Crippen LogP contribution in [0.1, 0.15) is 63.9 Å². The fraction of sp³-hybridized carbons (Fsp3) is 0.593. The Morgan fingerprint density at radius 2 is 1.81 bits per heavy atom. The number of thiocarbonyl (C=S) groups is 1. The van der Waals surface area contributed by atoms with Crippen molar-refractivity contribution in [1.82, 2.24) is 16.0 Å². The van der Waals surface area contributed by atoms with Crippen LogP contribution in [-0.2, 0) is 6.42 Å². The highest BCUT2D eigenvalue weighted by Crippen LogP contribution is 2.23. The molecule has 0 heterocycles. The number of rotatable bonds is 15. The van der Waals surface area contributed by atoms with E-state index in [0.29, 0.717) is 6.54 Å². The molecule has 2 atom stereocenters. The molecule has 1 aromatic carbocycles. The molecule has 0 amide bonds. The van der Waals surface area contributed by atoms with Crippen LogP contribution >= 0.6 is 12.2 Å². The van der Waals surface area contributed by atoms with Gasteiger partial charge in [0.1, 0.15) is 0 Å². The molecule has 32 heavy (non-hydrogen) atoms. The average Bonchev–Trinajstić information content (AvgIpc) is 2.81. The van der Waals surface area contributed by atoms with Crippen molar-refractivity contribution in [2.75, 3.05) is 19.6 Å². The molecule has 0 bridgehead atoms. The van der Waals surface area contributed by atoms with Crippen molar-refractivity contribution in [3.63, 3.8) is 0 Å². The van der Waals surface area contributed by atoms with E-state index >= 15 is 0 Å². The standard InChI is InChI=1S/C27H44N4S/c1-21(18-24-12-6-4-7-13-24)27(32)30-19-22(2)31-26(16-10-11-17-28)23(3)29-20-25-14-8-5-9-15-25/h4,6-7,12-13,21,25-26,29,31H,2-3,5,8-11,14-20,28H2,1H3,(H,30,32). The highest BCUT2D eigenvalue weighted by molar-refractivity contribution is 7.80. The maximum absolute atomic E-state index is 5.71. The Labute approximate surface area is 201 Å². The van der Waals surface area contributed by atoms with Crippen LogP contribution in [0.15, 0.2) is 54.9 Å². The number of benzene rings is 1. The van der Waals surface area contributed by atoms with E-state index in [1.807, 2.05) is 6.07 Å². The van der Waals surface area contributed by atoms with Crippen LogP contribution in [0.5, 0.6) is 0 Å². The van der Waals surface area contributed by atoms with Crippen LogP contribution in [0.4, 0.5) is 0 Å². The molecule has 2 unspecified atom stereocenters. The van der Waals surface area contributed by atoms with Gasteiger partial charge < -0.3 is 21.7 Å². The van der Waals surface area contributed by atoms with Crippen molar-refractivity contribution < 1.29 is 0 Å². The normalized spacial score (nSPS) is 16.1. The molecule has 178 valence electrons. The highest BCUT2D eigenvalue weighted by Gasteiger charge is 2.17. The van der Waals surface area contributed by atoms with Crippen LogP contribution < -0.4 is 21.7 Å². The number of hydrogen-bond donors (Lipinski definition) is 4. The first-order chi connectivity index (χ1) is 15.5. The molecule has 2 rings (SSSR count). The van der Waals surface area contributed by atoms with Crippen LogP contribution in [0, 0.1) is 11.8 Å². The monoisotopic (exact) mass is 456 g/mol. The van der Waals surface area contributed by atoms with Crippen molar-refractivity contribution in [2.45, 2.75) is 70.8 Å². The average molecular weight is 457 g/mol. The zero-order chi connectivity index (χ0) is 23.2. The fourth-order valence-corrected chi connectivity index (χ4v) is 4.50. The third-order valence-corrected chi connectivity index (χ3v) is 6.94. The molecule has 0 aromatic heterocycles. The molecular weight excluding hydrogens is 412 g/mol. The Bertz CT molecular complexity index is 697. The first-order valence-corrected chi connectivity index (χ1v) is 12.8. The molecule has 1 aromatic rings. The lowest BCUT2D eigenvalue weighted by molar-refractivity contribution is 0.346. The summed E-state index contributed by atoms with van der Waals surface area (Å²) in [6.45, 7) is 13.1. The van der Waals surface area contributed by atoms with Crippen molar-refractivity contribution in [3.05, 3.63) is 60.4 Å². The smallest absolute Gasteiger partial charge is 0.0788 e. The largest absolute Gasteiger partial charge is 0.387 e. The summed E-state index contributed by atoms with van der Waals surface area (Å²) in [7, 11) is 0. The second kappa shape index (κ2) is 15.1. The van der Waals surface area contributed by atoms with Crippen LogP contribution in [-0.4, -0.2) is 30.7 Å². The molecule has 0 aliphatic heterocycles. The summed E-state index contributed by atoms with van der Waals surface area (Å²) in [5.74, 6) is 1.06. The minimum Gasteiger partial charge on any atom is -0.387 e. The van der Waals surface area contributed by atoms with Gasteiger partial charge in [0, 0.05) is 23.9 Å². The van der Waals surface area contributed by atoms with Gasteiger partial charge in [0.15, 0.2) is 0 Å². The topological polar surface area (TPSA) is 62.1 Å². The van der Waals surface area contributed by atoms with Gasteiger partial charge in [-0.3, -0.25) is 0 Å². The summed E-state index contributed by atoms with van der Waals surface area (Å²) in [5, 5.41) is 10.6. The molecule has 1 aliphatic carbocycles. The lowest BCUT2D eigenvalue weighted by atomic mass is 9.89. The van der Waals surface area contributed by atoms with Crippen LogP contribution in [0.25, 0.3) is 0 Å². The molecule has 1 fully saturated rings. The molecule has 1 aliphatic rings. The number of nitrogens with two attached hydrogens (primary N) is 1. The molecule has 5 N–H and O–H groups in total. The third-order valence-electron chi connectivity index (χ3n) is 6.40. The second-order valence-corrected chi connectivity index (χ2v) is 9.74.